The normalized spacial score (nSPS) is 17.2. The van der Waals surface area contributed by atoms with Gasteiger partial charge in [0.15, 0.2) is 11.5 Å². The van der Waals surface area contributed by atoms with E-state index in [1.165, 1.54) is 18.7 Å². The van der Waals surface area contributed by atoms with E-state index in [2.05, 4.69) is 5.32 Å². The van der Waals surface area contributed by atoms with E-state index >= 15 is 0 Å². The zero-order valence-electron chi connectivity index (χ0n) is 15.9. The van der Waals surface area contributed by atoms with Crippen molar-refractivity contribution >= 4 is 11.8 Å². The largest absolute Gasteiger partial charge is 0.466 e. The van der Waals surface area contributed by atoms with Gasteiger partial charge in [-0.05, 0) is 24.6 Å². The number of aromatic nitrogens is 2. The van der Waals surface area contributed by atoms with Gasteiger partial charge in [0, 0.05) is 19.8 Å². The molecule has 1 aromatic carbocycles. The number of benzene rings is 1. The average Bonchev–Trinajstić information content (AvgIpc) is 3.17. The van der Waals surface area contributed by atoms with Crippen molar-refractivity contribution in [2.45, 2.75) is 12.8 Å². The minimum atomic E-state index is -0.733. The summed E-state index contributed by atoms with van der Waals surface area (Å²) < 4.78 is 18.2. The Labute approximate surface area is 159 Å². The standard InChI is InChI=1S/C19H19N3O6/c1-9-13(18(24)26-4)14(10-5-6-11-12(7-10)28-8-27-11)15-16(20-9)21(2)19(25)22(3)17(15)23/h5-7,14,20H,8H2,1-4H3. The average molecular weight is 385 g/mol. The van der Waals surface area contributed by atoms with Crippen LogP contribution in [-0.4, -0.2) is 29.0 Å². The van der Waals surface area contributed by atoms with Crippen LogP contribution in [0.5, 0.6) is 11.5 Å². The quantitative estimate of drug-likeness (QED) is 0.764. The van der Waals surface area contributed by atoms with Crippen molar-refractivity contribution in [2.75, 3.05) is 19.2 Å². The Balaban J connectivity index is 2.05. The molecule has 4 rings (SSSR count). The molecule has 2 aliphatic heterocycles. The third-order valence-corrected chi connectivity index (χ3v) is 5.12. The zero-order chi connectivity index (χ0) is 20.2. The van der Waals surface area contributed by atoms with E-state index in [0.717, 1.165) is 4.57 Å². The fourth-order valence-electron chi connectivity index (χ4n) is 3.69. The Morgan fingerprint density at radius 3 is 2.61 bits per heavy atom. The van der Waals surface area contributed by atoms with E-state index in [1.54, 1.807) is 32.2 Å². The van der Waals surface area contributed by atoms with Crippen LogP contribution in [0.15, 0.2) is 39.1 Å². The third kappa shape index (κ3) is 2.43. The lowest BCUT2D eigenvalue weighted by atomic mass is 9.82. The van der Waals surface area contributed by atoms with Gasteiger partial charge in [0.05, 0.1) is 24.2 Å². The monoisotopic (exact) mass is 385 g/mol. The van der Waals surface area contributed by atoms with Gasteiger partial charge in [-0.15, -0.1) is 0 Å². The molecule has 0 amide bonds. The van der Waals surface area contributed by atoms with Crippen LogP contribution in [0.2, 0.25) is 0 Å². The Kier molecular flexibility index (Phi) is 4.02. The van der Waals surface area contributed by atoms with E-state index in [0.29, 0.717) is 34.2 Å². The highest BCUT2D eigenvalue weighted by Gasteiger charge is 2.37. The van der Waals surface area contributed by atoms with Crippen molar-refractivity contribution in [3.05, 3.63) is 61.4 Å². The molecule has 9 nitrogen and oxygen atoms in total. The third-order valence-electron chi connectivity index (χ3n) is 5.12. The molecule has 1 aromatic heterocycles. The fraction of sp³-hybridized carbons (Fsp3) is 0.316. The maximum absolute atomic E-state index is 13.0. The molecule has 0 spiro atoms. The lowest BCUT2D eigenvalue weighted by Gasteiger charge is -2.30. The van der Waals surface area contributed by atoms with Crippen LogP contribution in [-0.2, 0) is 23.6 Å². The number of nitrogens with zero attached hydrogens (tertiary/aromatic N) is 2. The molecule has 0 radical (unpaired) electrons. The first kappa shape index (κ1) is 17.9. The molecule has 0 fully saturated rings. The molecule has 0 bridgehead atoms. The maximum atomic E-state index is 13.0. The molecule has 1 atom stereocenters. The highest BCUT2D eigenvalue weighted by molar-refractivity contribution is 5.94. The number of allylic oxidation sites excluding steroid dienone is 1. The molecular formula is C19H19N3O6. The highest BCUT2D eigenvalue weighted by Crippen LogP contribution is 2.43. The molecule has 3 heterocycles. The van der Waals surface area contributed by atoms with Gasteiger partial charge >= 0.3 is 11.7 Å². The fourth-order valence-corrected chi connectivity index (χ4v) is 3.69. The summed E-state index contributed by atoms with van der Waals surface area (Å²) in [5, 5.41) is 3.03. The summed E-state index contributed by atoms with van der Waals surface area (Å²) in [7, 11) is 4.26. The predicted octanol–water partition coefficient (Wildman–Crippen LogP) is 0.817. The predicted molar refractivity (Wildman–Crippen MR) is 99.7 cm³/mol. The van der Waals surface area contributed by atoms with Gasteiger partial charge in [-0.3, -0.25) is 13.9 Å². The number of carbonyl (C=O) groups is 1. The summed E-state index contributed by atoms with van der Waals surface area (Å²) in [5.74, 6) is 0.173. The molecule has 0 saturated heterocycles. The molecule has 1 unspecified atom stereocenters. The molecule has 9 heteroatoms. The molecule has 1 N–H and O–H groups in total. The van der Waals surface area contributed by atoms with Gasteiger partial charge < -0.3 is 19.5 Å². The van der Waals surface area contributed by atoms with Crippen molar-refractivity contribution < 1.29 is 19.0 Å². The molecule has 28 heavy (non-hydrogen) atoms. The Hall–Kier alpha value is -3.49. The molecular weight excluding hydrogens is 366 g/mol. The first-order chi connectivity index (χ1) is 13.3. The maximum Gasteiger partial charge on any atom is 0.336 e. The number of nitrogens with one attached hydrogen (secondary N) is 1. The van der Waals surface area contributed by atoms with Crippen molar-refractivity contribution in [2.24, 2.45) is 14.1 Å². The number of esters is 1. The summed E-state index contributed by atoms with van der Waals surface area (Å²) in [6.07, 6.45) is 0. The summed E-state index contributed by atoms with van der Waals surface area (Å²) >= 11 is 0. The van der Waals surface area contributed by atoms with Gasteiger partial charge in [-0.25, -0.2) is 9.59 Å². The smallest absolute Gasteiger partial charge is 0.336 e. The molecule has 0 aliphatic carbocycles. The van der Waals surface area contributed by atoms with Crippen molar-refractivity contribution in [3.63, 3.8) is 0 Å². The highest BCUT2D eigenvalue weighted by atomic mass is 16.7. The van der Waals surface area contributed by atoms with Gasteiger partial charge in [0.25, 0.3) is 5.56 Å². The van der Waals surface area contributed by atoms with Gasteiger partial charge in [-0.2, -0.15) is 0 Å². The number of fused-ring (bicyclic) bond motifs is 2. The number of methoxy groups -OCH3 is 1. The molecule has 0 saturated carbocycles. The Morgan fingerprint density at radius 1 is 1.18 bits per heavy atom. The van der Waals surface area contributed by atoms with Gasteiger partial charge in [0.2, 0.25) is 6.79 Å². The summed E-state index contributed by atoms with van der Waals surface area (Å²) in [5.41, 5.74) is 0.795. The molecule has 2 aromatic rings. The van der Waals surface area contributed by atoms with Gasteiger partial charge in [-0.1, -0.05) is 6.07 Å². The zero-order valence-corrected chi connectivity index (χ0v) is 15.9. The van der Waals surface area contributed by atoms with Crippen LogP contribution >= 0.6 is 0 Å². The van der Waals surface area contributed by atoms with Crippen molar-refractivity contribution in [1.82, 2.24) is 9.13 Å². The van der Waals surface area contributed by atoms with Crippen LogP contribution in [0.25, 0.3) is 0 Å². The lowest BCUT2D eigenvalue weighted by Crippen LogP contribution is -2.43. The lowest BCUT2D eigenvalue weighted by molar-refractivity contribution is -0.136. The summed E-state index contributed by atoms with van der Waals surface area (Å²) in [4.78, 5) is 38.0. The number of ether oxygens (including phenoxy) is 3. The van der Waals surface area contributed by atoms with E-state index in [-0.39, 0.29) is 12.4 Å². The Bertz CT molecular complexity index is 1160. The van der Waals surface area contributed by atoms with Crippen LogP contribution in [0, 0.1) is 0 Å². The first-order valence-electron chi connectivity index (χ1n) is 8.60. The summed E-state index contributed by atoms with van der Waals surface area (Å²) in [6.45, 7) is 1.81. The van der Waals surface area contributed by atoms with E-state index in [1.807, 2.05) is 0 Å². The van der Waals surface area contributed by atoms with Crippen molar-refractivity contribution in [3.8, 4) is 11.5 Å². The number of hydrogen-bond acceptors (Lipinski definition) is 7. The van der Waals surface area contributed by atoms with Crippen LogP contribution in [0.4, 0.5) is 5.82 Å². The number of carbonyl (C=O) groups excluding carboxylic acids is 1. The number of hydrogen-bond donors (Lipinski definition) is 1. The van der Waals surface area contributed by atoms with Crippen molar-refractivity contribution in [1.29, 1.82) is 0 Å². The first-order valence-corrected chi connectivity index (χ1v) is 8.60. The second-order valence-corrected chi connectivity index (χ2v) is 6.67. The second-order valence-electron chi connectivity index (χ2n) is 6.67. The summed E-state index contributed by atoms with van der Waals surface area (Å²) in [6, 6.07) is 5.24. The number of anilines is 1. The van der Waals surface area contributed by atoms with Gasteiger partial charge in [0.1, 0.15) is 5.82 Å². The minimum Gasteiger partial charge on any atom is -0.466 e. The van der Waals surface area contributed by atoms with Crippen LogP contribution < -0.4 is 26.0 Å². The van der Waals surface area contributed by atoms with E-state index in [9.17, 15) is 14.4 Å². The van der Waals surface area contributed by atoms with E-state index < -0.39 is 23.1 Å². The SMILES string of the molecule is COC(=O)C1=C(C)Nc2c(c(=O)n(C)c(=O)n2C)C1c1ccc2c(c1)OCO2. The van der Waals surface area contributed by atoms with E-state index in [4.69, 9.17) is 14.2 Å². The van der Waals surface area contributed by atoms with Crippen LogP contribution in [0.1, 0.15) is 24.0 Å². The molecule has 2 aliphatic rings. The molecule has 146 valence electrons. The topological polar surface area (TPSA) is 101 Å². The minimum absolute atomic E-state index is 0.108. The second kappa shape index (κ2) is 6.29. The van der Waals surface area contributed by atoms with Crippen LogP contribution in [0.3, 0.4) is 0 Å². The number of rotatable bonds is 2. The Morgan fingerprint density at radius 2 is 1.89 bits per heavy atom.